The molecule has 0 saturated carbocycles. The molecule has 0 fully saturated rings. The van der Waals surface area contributed by atoms with Gasteiger partial charge in [-0.3, -0.25) is 4.79 Å². The van der Waals surface area contributed by atoms with Gasteiger partial charge in [-0.05, 0) is 67.1 Å². The lowest BCUT2D eigenvalue weighted by Crippen LogP contribution is -2.14. The summed E-state index contributed by atoms with van der Waals surface area (Å²) in [6.45, 7) is 4.74. The lowest BCUT2D eigenvalue weighted by atomic mass is 10.1. The molecule has 0 aliphatic carbocycles. The Bertz CT molecular complexity index is 889. The first-order valence-corrected chi connectivity index (χ1v) is 9.90. The van der Waals surface area contributed by atoms with E-state index in [1.807, 2.05) is 73.8 Å². The van der Waals surface area contributed by atoms with Crippen molar-refractivity contribution in [3.63, 3.8) is 0 Å². The summed E-state index contributed by atoms with van der Waals surface area (Å²) in [7, 11) is 0. The molecule has 3 aromatic rings. The third-order valence-electron chi connectivity index (χ3n) is 4.30. The van der Waals surface area contributed by atoms with Crippen LogP contribution in [-0.4, -0.2) is 18.6 Å². The second kappa shape index (κ2) is 8.84. The van der Waals surface area contributed by atoms with Crippen molar-refractivity contribution in [2.45, 2.75) is 26.4 Å². The highest BCUT2D eigenvalue weighted by Crippen LogP contribution is 2.30. The van der Waals surface area contributed by atoms with Crippen LogP contribution in [0.1, 0.15) is 29.8 Å². The molecule has 0 aliphatic rings. The largest absolute Gasteiger partial charge is 0.397 e. The van der Waals surface area contributed by atoms with Gasteiger partial charge in [0.15, 0.2) is 0 Å². The first kappa shape index (κ1) is 19.1. The zero-order valence-corrected chi connectivity index (χ0v) is 16.4. The number of anilines is 2. The lowest BCUT2D eigenvalue weighted by molar-refractivity contribution is 0.0768. The summed E-state index contributed by atoms with van der Waals surface area (Å²) in [6.07, 6.45) is 0.986. The monoisotopic (exact) mass is 380 g/mol. The number of benzene rings is 2. The standard InChI is InChI=1S/C22H24N2O2S/c1-3-26-15(2)13-16-6-8-17(9-7-16)22(25)24-20-14-18(10-11-19(20)23)21-5-4-12-27-21/h4-12,14-15H,3,13,23H2,1-2H3,(H,24,25). The predicted molar refractivity (Wildman–Crippen MR) is 113 cm³/mol. The fraction of sp³-hybridized carbons (Fsp3) is 0.227. The van der Waals surface area contributed by atoms with Crippen LogP contribution >= 0.6 is 11.3 Å². The van der Waals surface area contributed by atoms with Crippen LogP contribution in [0.5, 0.6) is 0 Å². The highest BCUT2D eigenvalue weighted by atomic mass is 32.1. The van der Waals surface area contributed by atoms with Gasteiger partial charge in [0.1, 0.15) is 0 Å². The minimum absolute atomic E-state index is 0.162. The molecule has 0 aliphatic heterocycles. The first-order chi connectivity index (χ1) is 13.1. The molecule has 0 bridgehead atoms. The molecule has 1 heterocycles. The summed E-state index contributed by atoms with van der Waals surface area (Å²) in [5.74, 6) is -0.172. The minimum atomic E-state index is -0.172. The van der Waals surface area contributed by atoms with Gasteiger partial charge in [0.25, 0.3) is 5.91 Å². The minimum Gasteiger partial charge on any atom is -0.397 e. The number of nitrogens with one attached hydrogen (secondary N) is 1. The fourth-order valence-electron chi connectivity index (χ4n) is 2.92. The zero-order chi connectivity index (χ0) is 19.2. The molecule has 1 unspecified atom stereocenters. The Morgan fingerprint density at radius 2 is 1.96 bits per heavy atom. The molecular weight excluding hydrogens is 356 g/mol. The van der Waals surface area contributed by atoms with E-state index < -0.39 is 0 Å². The van der Waals surface area contributed by atoms with Crippen molar-refractivity contribution >= 4 is 28.6 Å². The van der Waals surface area contributed by atoms with Gasteiger partial charge in [0, 0.05) is 17.0 Å². The molecular formula is C22H24N2O2S. The molecule has 1 atom stereocenters. The maximum absolute atomic E-state index is 12.6. The SMILES string of the molecule is CCOC(C)Cc1ccc(C(=O)Nc2cc(-c3cccs3)ccc2N)cc1. The molecule has 2 aromatic carbocycles. The van der Waals surface area contributed by atoms with E-state index in [4.69, 9.17) is 10.5 Å². The number of carbonyl (C=O) groups is 1. The zero-order valence-electron chi connectivity index (χ0n) is 15.6. The van der Waals surface area contributed by atoms with Crippen molar-refractivity contribution in [1.29, 1.82) is 0 Å². The van der Waals surface area contributed by atoms with Crippen LogP contribution in [0.15, 0.2) is 60.0 Å². The van der Waals surface area contributed by atoms with E-state index in [2.05, 4.69) is 5.32 Å². The number of nitrogen functional groups attached to an aromatic ring is 1. The molecule has 1 aromatic heterocycles. The predicted octanol–water partition coefficient (Wildman–Crippen LogP) is 5.22. The smallest absolute Gasteiger partial charge is 0.255 e. The molecule has 1 amide bonds. The van der Waals surface area contributed by atoms with E-state index in [0.29, 0.717) is 23.5 Å². The number of thiophene rings is 1. The Hall–Kier alpha value is -2.63. The van der Waals surface area contributed by atoms with Gasteiger partial charge >= 0.3 is 0 Å². The van der Waals surface area contributed by atoms with Crippen molar-refractivity contribution in [2.24, 2.45) is 0 Å². The number of nitrogens with two attached hydrogens (primary N) is 1. The Morgan fingerprint density at radius 3 is 2.63 bits per heavy atom. The third kappa shape index (κ3) is 4.96. The quantitative estimate of drug-likeness (QED) is 0.553. The van der Waals surface area contributed by atoms with Gasteiger partial charge in [-0.15, -0.1) is 11.3 Å². The lowest BCUT2D eigenvalue weighted by Gasteiger charge is -2.12. The van der Waals surface area contributed by atoms with Gasteiger partial charge < -0.3 is 15.8 Å². The topological polar surface area (TPSA) is 64.3 Å². The highest BCUT2D eigenvalue weighted by molar-refractivity contribution is 7.13. The average Bonchev–Trinajstić information content (AvgIpc) is 3.19. The summed E-state index contributed by atoms with van der Waals surface area (Å²) in [4.78, 5) is 13.7. The first-order valence-electron chi connectivity index (χ1n) is 9.02. The molecule has 3 rings (SSSR count). The summed E-state index contributed by atoms with van der Waals surface area (Å²) in [5, 5.41) is 4.95. The summed E-state index contributed by atoms with van der Waals surface area (Å²) in [5.41, 5.74) is 10.0. The van der Waals surface area contributed by atoms with Crippen LogP contribution in [0.4, 0.5) is 11.4 Å². The van der Waals surface area contributed by atoms with Crippen molar-refractivity contribution < 1.29 is 9.53 Å². The normalized spacial score (nSPS) is 11.9. The van der Waals surface area contributed by atoms with E-state index >= 15 is 0 Å². The van der Waals surface area contributed by atoms with Crippen molar-refractivity contribution in [3.05, 3.63) is 71.1 Å². The van der Waals surface area contributed by atoms with Gasteiger partial charge in [0.05, 0.1) is 17.5 Å². The van der Waals surface area contributed by atoms with Crippen molar-refractivity contribution in [2.75, 3.05) is 17.7 Å². The molecule has 0 saturated heterocycles. The van der Waals surface area contributed by atoms with Crippen LogP contribution in [-0.2, 0) is 11.2 Å². The van der Waals surface area contributed by atoms with E-state index in [9.17, 15) is 4.79 Å². The Morgan fingerprint density at radius 1 is 1.19 bits per heavy atom. The molecule has 0 radical (unpaired) electrons. The molecule has 0 spiro atoms. The van der Waals surface area contributed by atoms with Gasteiger partial charge in [-0.2, -0.15) is 0 Å². The molecule has 27 heavy (non-hydrogen) atoms. The Balaban J connectivity index is 1.71. The number of ether oxygens (including phenoxy) is 1. The number of hydrogen-bond donors (Lipinski definition) is 2. The number of carbonyl (C=O) groups excluding carboxylic acids is 1. The van der Waals surface area contributed by atoms with E-state index in [0.717, 1.165) is 22.4 Å². The van der Waals surface area contributed by atoms with Crippen LogP contribution in [0.3, 0.4) is 0 Å². The maximum atomic E-state index is 12.6. The molecule has 4 nitrogen and oxygen atoms in total. The second-order valence-corrected chi connectivity index (χ2v) is 7.35. The summed E-state index contributed by atoms with van der Waals surface area (Å²) in [6, 6.07) is 17.4. The Kier molecular flexibility index (Phi) is 6.27. The van der Waals surface area contributed by atoms with Crippen LogP contribution in [0.2, 0.25) is 0 Å². The Labute approximate surface area is 164 Å². The summed E-state index contributed by atoms with van der Waals surface area (Å²) < 4.78 is 5.57. The van der Waals surface area contributed by atoms with Crippen LogP contribution in [0, 0.1) is 0 Å². The molecule has 3 N–H and O–H groups in total. The molecule has 5 heteroatoms. The number of hydrogen-bond acceptors (Lipinski definition) is 4. The highest BCUT2D eigenvalue weighted by Gasteiger charge is 2.11. The van der Waals surface area contributed by atoms with E-state index in [1.165, 1.54) is 0 Å². The van der Waals surface area contributed by atoms with Crippen molar-refractivity contribution in [3.8, 4) is 10.4 Å². The number of rotatable bonds is 7. The van der Waals surface area contributed by atoms with Gasteiger partial charge in [-0.25, -0.2) is 0 Å². The third-order valence-corrected chi connectivity index (χ3v) is 5.22. The van der Waals surface area contributed by atoms with Gasteiger partial charge in [0.2, 0.25) is 0 Å². The second-order valence-electron chi connectivity index (χ2n) is 6.40. The molecule has 140 valence electrons. The van der Waals surface area contributed by atoms with Crippen molar-refractivity contribution in [1.82, 2.24) is 0 Å². The number of amides is 1. The fourth-order valence-corrected chi connectivity index (χ4v) is 3.65. The van der Waals surface area contributed by atoms with E-state index in [-0.39, 0.29) is 12.0 Å². The summed E-state index contributed by atoms with van der Waals surface area (Å²) >= 11 is 1.65. The van der Waals surface area contributed by atoms with Crippen LogP contribution in [0.25, 0.3) is 10.4 Å². The van der Waals surface area contributed by atoms with Gasteiger partial charge in [-0.1, -0.05) is 24.3 Å². The van der Waals surface area contributed by atoms with Crippen LogP contribution < -0.4 is 11.1 Å². The van der Waals surface area contributed by atoms with E-state index in [1.54, 1.807) is 11.3 Å². The average molecular weight is 381 g/mol. The maximum Gasteiger partial charge on any atom is 0.255 e.